The van der Waals surface area contributed by atoms with Crippen LogP contribution in [0.3, 0.4) is 0 Å². The summed E-state index contributed by atoms with van der Waals surface area (Å²) in [7, 11) is -0.960. The van der Waals surface area contributed by atoms with E-state index in [2.05, 4.69) is 16.7 Å². The van der Waals surface area contributed by atoms with Crippen molar-refractivity contribution in [3.8, 4) is 22.9 Å². The highest BCUT2D eigenvalue weighted by atomic mass is 35.5. The molecule has 2 aromatic carbocycles. The average molecular weight is 484 g/mol. The van der Waals surface area contributed by atoms with E-state index in [1.165, 1.54) is 38.5 Å². The van der Waals surface area contributed by atoms with Gasteiger partial charge in [0.05, 0.1) is 25.8 Å². The Labute approximate surface area is 190 Å². The van der Waals surface area contributed by atoms with Crippen LogP contribution in [-0.2, 0) is 16.6 Å². The Kier molecular flexibility index (Phi) is 7.22. The van der Waals surface area contributed by atoms with Crippen molar-refractivity contribution in [1.29, 1.82) is 0 Å². The summed E-state index contributed by atoms with van der Waals surface area (Å²) >= 11 is 12.1. The van der Waals surface area contributed by atoms with Gasteiger partial charge in [0.2, 0.25) is 21.7 Å². The molecule has 0 aliphatic heterocycles. The quantitative estimate of drug-likeness (QED) is 0.415. The standard InChI is InChI=1S/C20H19Cl2N3O5S/c1-4-9-25(31(26,27)18-11-14(21)6-7-15(18)22)12-19-23-20(24-30-19)13-5-8-16(28-2)17(10-13)29-3/h4-8,10-11H,1,9,12H2,2-3H3. The van der Waals surface area contributed by atoms with Crippen LogP contribution in [0.25, 0.3) is 11.4 Å². The van der Waals surface area contributed by atoms with Crippen LogP contribution in [0.1, 0.15) is 5.89 Å². The second-order valence-electron chi connectivity index (χ2n) is 6.24. The van der Waals surface area contributed by atoms with Gasteiger partial charge in [-0.2, -0.15) is 9.29 Å². The van der Waals surface area contributed by atoms with Gasteiger partial charge in [-0.25, -0.2) is 8.42 Å². The largest absolute Gasteiger partial charge is 0.493 e. The Bertz CT molecular complexity index is 1200. The van der Waals surface area contributed by atoms with E-state index in [-0.39, 0.29) is 39.7 Å². The molecule has 0 atom stereocenters. The molecule has 31 heavy (non-hydrogen) atoms. The van der Waals surface area contributed by atoms with E-state index >= 15 is 0 Å². The molecule has 164 valence electrons. The van der Waals surface area contributed by atoms with Crippen LogP contribution < -0.4 is 9.47 Å². The summed E-state index contributed by atoms with van der Waals surface area (Å²) in [4.78, 5) is 4.18. The molecule has 0 saturated heterocycles. The van der Waals surface area contributed by atoms with E-state index in [0.717, 1.165) is 4.31 Å². The number of rotatable bonds is 9. The topological polar surface area (TPSA) is 94.8 Å². The van der Waals surface area contributed by atoms with Crippen LogP contribution >= 0.6 is 23.2 Å². The lowest BCUT2D eigenvalue weighted by Gasteiger charge is -2.19. The second-order valence-corrected chi connectivity index (χ2v) is 8.99. The van der Waals surface area contributed by atoms with Crippen molar-refractivity contribution in [2.45, 2.75) is 11.4 Å². The van der Waals surface area contributed by atoms with Gasteiger partial charge in [0.1, 0.15) is 4.90 Å². The van der Waals surface area contributed by atoms with Crippen LogP contribution in [0.4, 0.5) is 0 Å². The molecule has 0 spiro atoms. The van der Waals surface area contributed by atoms with E-state index in [4.69, 9.17) is 37.2 Å². The van der Waals surface area contributed by atoms with Crippen molar-refractivity contribution in [2.24, 2.45) is 0 Å². The van der Waals surface area contributed by atoms with E-state index in [1.54, 1.807) is 18.2 Å². The van der Waals surface area contributed by atoms with Gasteiger partial charge in [-0.05, 0) is 36.4 Å². The minimum Gasteiger partial charge on any atom is -0.493 e. The third kappa shape index (κ3) is 5.01. The molecule has 3 aromatic rings. The zero-order valence-corrected chi connectivity index (χ0v) is 19.0. The molecule has 1 aromatic heterocycles. The number of aromatic nitrogens is 2. The highest BCUT2D eigenvalue weighted by Crippen LogP contribution is 2.32. The highest BCUT2D eigenvalue weighted by molar-refractivity contribution is 7.89. The lowest BCUT2D eigenvalue weighted by atomic mass is 10.2. The first kappa shape index (κ1) is 23.1. The van der Waals surface area contributed by atoms with Gasteiger partial charge in [0, 0.05) is 17.1 Å². The van der Waals surface area contributed by atoms with Crippen LogP contribution in [0.5, 0.6) is 11.5 Å². The second kappa shape index (κ2) is 9.69. The molecule has 0 unspecified atom stereocenters. The third-order valence-corrected chi connectivity index (χ3v) is 6.79. The zero-order valence-electron chi connectivity index (χ0n) is 16.7. The lowest BCUT2D eigenvalue weighted by molar-refractivity contribution is 0.327. The van der Waals surface area contributed by atoms with Crippen LogP contribution in [0, 0.1) is 0 Å². The maximum atomic E-state index is 13.1. The Morgan fingerprint density at radius 3 is 2.55 bits per heavy atom. The Balaban J connectivity index is 1.91. The number of benzene rings is 2. The molecule has 0 fully saturated rings. The van der Waals surface area contributed by atoms with Gasteiger partial charge in [-0.1, -0.05) is 34.4 Å². The Morgan fingerprint density at radius 2 is 1.87 bits per heavy atom. The maximum absolute atomic E-state index is 13.1. The fourth-order valence-electron chi connectivity index (χ4n) is 2.77. The monoisotopic (exact) mass is 483 g/mol. The maximum Gasteiger partial charge on any atom is 0.245 e. The van der Waals surface area contributed by atoms with Crippen molar-refractivity contribution in [3.63, 3.8) is 0 Å². The first-order valence-corrected chi connectivity index (χ1v) is 11.1. The minimum atomic E-state index is -4.01. The fourth-order valence-corrected chi connectivity index (χ4v) is 4.87. The minimum absolute atomic E-state index is 0.000746. The summed E-state index contributed by atoms with van der Waals surface area (Å²) < 4.78 is 43.2. The van der Waals surface area contributed by atoms with Gasteiger partial charge in [0.15, 0.2) is 11.5 Å². The summed E-state index contributed by atoms with van der Waals surface area (Å²) in [5, 5.41) is 4.24. The molecule has 0 aliphatic carbocycles. The predicted octanol–water partition coefficient (Wildman–Crippen LogP) is 4.44. The van der Waals surface area contributed by atoms with Crippen molar-refractivity contribution in [2.75, 3.05) is 20.8 Å². The van der Waals surface area contributed by atoms with E-state index in [9.17, 15) is 8.42 Å². The molecule has 0 aliphatic rings. The number of nitrogens with zero attached hydrogens (tertiary/aromatic N) is 3. The van der Waals surface area contributed by atoms with E-state index in [0.29, 0.717) is 17.1 Å². The molecule has 3 rings (SSSR count). The molecule has 0 amide bonds. The van der Waals surface area contributed by atoms with Crippen molar-refractivity contribution in [1.82, 2.24) is 14.4 Å². The van der Waals surface area contributed by atoms with Gasteiger partial charge >= 0.3 is 0 Å². The normalized spacial score (nSPS) is 11.5. The molecule has 0 saturated carbocycles. The van der Waals surface area contributed by atoms with Crippen LogP contribution in [-0.4, -0.2) is 43.6 Å². The molecule has 1 heterocycles. The van der Waals surface area contributed by atoms with Crippen molar-refractivity contribution < 1.29 is 22.4 Å². The van der Waals surface area contributed by atoms with Gasteiger partial charge in [0.25, 0.3) is 0 Å². The molecular weight excluding hydrogens is 465 g/mol. The number of hydrogen-bond acceptors (Lipinski definition) is 7. The Hall–Kier alpha value is -2.59. The summed E-state index contributed by atoms with van der Waals surface area (Å²) in [6.07, 6.45) is 1.45. The summed E-state index contributed by atoms with van der Waals surface area (Å²) in [5.74, 6) is 1.41. The first-order valence-electron chi connectivity index (χ1n) is 8.91. The van der Waals surface area contributed by atoms with Crippen molar-refractivity contribution >= 4 is 33.2 Å². The van der Waals surface area contributed by atoms with Crippen LogP contribution in [0.15, 0.2) is 58.5 Å². The van der Waals surface area contributed by atoms with Gasteiger partial charge in [-0.3, -0.25) is 0 Å². The summed E-state index contributed by atoms with van der Waals surface area (Å²) in [6, 6.07) is 9.36. The number of hydrogen-bond donors (Lipinski definition) is 0. The predicted molar refractivity (Wildman–Crippen MR) is 117 cm³/mol. The number of halogens is 2. The summed E-state index contributed by atoms with van der Waals surface area (Å²) in [6.45, 7) is 3.44. The molecular formula is C20H19Cl2N3O5S. The van der Waals surface area contributed by atoms with Gasteiger partial charge < -0.3 is 14.0 Å². The smallest absolute Gasteiger partial charge is 0.245 e. The zero-order chi connectivity index (χ0) is 22.6. The Morgan fingerprint density at radius 1 is 1.13 bits per heavy atom. The molecule has 0 N–H and O–H groups in total. The fraction of sp³-hybridized carbons (Fsp3) is 0.200. The average Bonchev–Trinajstić information content (AvgIpc) is 3.23. The lowest BCUT2D eigenvalue weighted by Crippen LogP contribution is -2.31. The third-order valence-electron chi connectivity index (χ3n) is 4.27. The molecule has 11 heteroatoms. The molecule has 8 nitrogen and oxygen atoms in total. The van der Waals surface area contributed by atoms with E-state index < -0.39 is 10.0 Å². The highest BCUT2D eigenvalue weighted by Gasteiger charge is 2.28. The SMILES string of the molecule is C=CCN(Cc1nc(-c2ccc(OC)c(OC)c2)no1)S(=O)(=O)c1cc(Cl)ccc1Cl. The molecule has 0 bridgehead atoms. The van der Waals surface area contributed by atoms with Gasteiger partial charge in [-0.15, -0.1) is 6.58 Å². The van der Waals surface area contributed by atoms with E-state index in [1.807, 2.05) is 0 Å². The summed E-state index contributed by atoms with van der Waals surface area (Å²) in [5.41, 5.74) is 0.615. The first-order chi connectivity index (χ1) is 14.8. The van der Waals surface area contributed by atoms with Crippen LogP contribution in [0.2, 0.25) is 10.0 Å². The number of methoxy groups -OCH3 is 2. The number of ether oxygens (including phenoxy) is 2. The number of sulfonamides is 1. The molecule has 0 radical (unpaired) electrons. The van der Waals surface area contributed by atoms with Crippen molar-refractivity contribution in [3.05, 3.63) is 65.0 Å².